The number of nitrogens with one attached hydrogen (secondary N) is 1. The van der Waals surface area contributed by atoms with Gasteiger partial charge in [-0.05, 0) is 66.9 Å². The minimum absolute atomic E-state index is 0.0454. The van der Waals surface area contributed by atoms with Crippen LogP contribution in [0.1, 0.15) is 48.0 Å². The molecule has 0 spiro atoms. The van der Waals surface area contributed by atoms with Gasteiger partial charge in [0.15, 0.2) is 0 Å². The van der Waals surface area contributed by atoms with Crippen molar-refractivity contribution >= 4 is 40.6 Å². The maximum absolute atomic E-state index is 14.2. The SMILES string of the molecule is CN(C)c1ccc(NC(=O)C2(N(Cc3ccc(F)cc3)C(=O)CN3C(=O)C(=O)c4ccccc43)CCCCC2)cc1. The Balaban J connectivity index is 1.50. The first kappa shape index (κ1) is 28.0. The van der Waals surface area contributed by atoms with Crippen molar-refractivity contribution in [1.82, 2.24) is 4.90 Å². The quantitative estimate of drug-likeness (QED) is 0.403. The number of anilines is 3. The highest BCUT2D eigenvalue weighted by Crippen LogP contribution is 2.37. The molecule has 9 heteroatoms. The van der Waals surface area contributed by atoms with Crippen LogP contribution in [0.5, 0.6) is 0 Å². The number of halogens is 1. The third kappa shape index (κ3) is 5.57. The lowest BCUT2D eigenvalue weighted by Gasteiger charge is -2.45. The number of carbonyl (C=O) groups is 4. The van der Waals surface area contributed by atoms with Gasteiger partial charge in [-0.25, -0.2) is 4.39 Å². The first-order chi connectivity index (χ1) is 19.7. The molecule has 1 aliphatic heterocycles. The standard InChI is InChI=1S/C32H33FN4O4/c1-35(2)25-16-14-24(15-17-25)34-31(41)32(18-6-3-7-19-32)37(20-22-10-12-23(33)13-11-22)28(38)21-36-27-9-5-4-8-26(27)29(39)30(36)40/h4-5,8-17H,3,6-7,18-21H2,1-2H3,(H,34,41). The lowest BCUT2D eigenvalue weighted by Crippen LogP contribution is -2.61. The fourth-order valence-corrected chi connectivity index (χ4v) is 5.72. The summed E-state index contributed by atoms with van der Waals surface area (Å²) in [5, 5.41) is 3.03. The Morgan fingerprint density at radius 1 is 0.902 bits per heavy atom. The van der Waals surface area contributed by atoms with Gasteiger partial charge in [0, 0.05) is 32.0 Å². The molecule has 5 rings (SSSR count). The van der Waals surface area contributed by atoms with Gasteiger partial charge in [-0.3, -0.25) is 24.1 Å². The summed E-state index contributed by atoms with van der Waals surface area (Å²) in [5.74, 6) is -2.62. The molecule has 0 atom stereocenters. The van der Waals surface area contributed by atoms with E-state index in [-0.39, 0.29) is 18.0 Å². The minimum atomic E-state index is -1.20. The number of fused-ring (bicyclic) bond motifs is 1. The van der Waals surface area contributed by atoms with Crippen LogP contribution in [0.4, 0.5) is 21.5 Å². The number of Topliss-reactive ketones (excluding diaryl/α,β-unsaturated/α-hetero) is 1. The Bertz CT molecular complexity index is 1460. The summed E-state index contributed by atoms with van der Waals surface area (Å²) in [7, 11) is 3.86. The second-order valence-corrected chi connectivity index (χ2v) is 10.8. The Hall–Kier alpha value is -4.53. The van der Waals surface area contributed by atoms with E-state index in [9.17, 15) is 23.6 Å². The predicted molar refractivity (Wildman–Crippen MR) is 155 cm³/mol. The second-order valence-electron chi connectivity index (χ2n) is 10.8. The molecule has 1 saturated carbocycles. The Morgan fingerprint density at radius 3 is 2.22 bits per heavy atom. The Morgan fingerprint density at radius 2 is 1.56 bits per heavy atom. The van der Waals surface area contributed by atoms with Crippen molar-refractivity contribution < 1.29 is 23.6 Å². The van der Waals surface area contributed by atoms with Crippen LogP contribution in [0, 0.1) is 5.82 Å². The highest BCUT2D eigenvalue weighted by atomic mass is 19.1. The van der Waals surface area contributed by atoms with Crippen LogP contribution in [0.2, 0.25) is 0 Å². The number of benzene rings is 3. The van der Waals surface area contributed by atoms with E-state index in [0.29, 0.717) is 29.8 Å². The molecule has 2 aliphatic rings. The van der Waals surface area contributed by atoms with Gasteiger partial charge in [0.2, 0.25) is 11.8 Å². The Kier molecular flexibility index (Phi) is 7.88. The van der Waals surface area contributed by atoms with Gasteiger partial charge in [0.25, 0.3) is 11.7 Å². The van der Waals surface area contributed by atoms with Crippen LogP contribution in [0.15, 0.2) is 72.8 Å². The average Bonchev–Trinajstić information content (AvgIpc) is 3.22. The average molecular weight is 557 g/mol. The number of para-hydroxylation sites is 1. The molecule has 1 heterocycles. The zero-order valence-electron chi connectivity index (χ0n) is 23.2. The van der Waals surface area contributed by atoms with E-state index in [1.807, 2.05) is 43.3 Å². The van der Waals surface area contributed by atoms with Crippen molar-refractivity contribution in [2.45, 2.75) is 44.2 Å². The van der Waals surface area contributed by atoms with Gasteiger partial charge in [-0.15, -0.1) is 0 Å². The zero-order valence-corrected chi connectivity index (χ0v) is 23.2. The maximum atomic E-state index is 14.2. The number of carbonyl (C=O) groups excluding carboxylic acids is 4. The smallest absolute Gasteiger partial charge is 0.299 e. The normalized spacial score (nSPS) is 15.8. The summed E-state index contributed by atoms with van der Waals surface area (Å²) < 4.78 is 13.7. The van der Waals surface area contributed by atoms with Crippen LogP contribution in [-0.4, -0.2) is 54.6 Å². The van der Waals surface area contributed by atoms with E-state index in [1.165, 1.54) is 21.9 Å². The number of rotatable bonds is 8. The summed E-state index contributed by atoms with van der Waals surface area (Å²) in [6.45, 7) is -0.348. The first-order valence-corrected chi connectivity index (χ1v) is 13.8. The molecule has 1 fully saturated rings. The van der Waals surface area contributed by atoms with Crippen LogP contribution in [0.25, 0.3) is 0 Å². The monoisotopic (exact) mass is 556 g/mol. The molecule has 0 saturated heterocycles. The molecule has 3 aromatic rings. The number of nitrogens with zero attached hydrogens (tertiary/aromatic N) is 3. The largest absolute Gasteiger partial charge is 0.378 e. The fraction of sp³-hybridized carbons (Fsp3) is 0.312. The van der Waals surface area contributed by atoms with Crippen molar-refractivity contribution in [3.8, 4) is 0 Å². The second kappa shape index (κ2) is 11.5. The van der Waals surface area contributed by atoms with Gasteiger partial charge in [0.1, 0.15) is 17.9 Å². The topological polar surface area (TPSA) is 90.0 Å². The minimum Gasteiger partial charge on any atom is -0.378 e. The van der Waals surface area contributed by atoms with Crippen molar-refractivity contribution in [3.05, 3.63) is 89.7 Å². The molecule has 0 radical (unpaired) electrons. The molecule has 0 unspecified atom stereocenters. The molecular formula is C32H33FN4O4. The van der Waals surface area contributed by atoms with Crippen molar-refractivity contribution in [2.24, 2.45) is 0 Å². The van der Waals surface area contributed by atoms with E-state index >= 15 is 0 Å². The van der Waals surface area contributed by atoms with Crippen LogP contribution < -0.4 is 15.1 Å². The number of hydrogen-bond donors (Lipinski definition) is 1. The third-order valence-electron chi connectivity index (χ3n) is 7.99. The third-order valence-corrected chi connectivity index (χ3v) is 7.99. The van der Waals surface area contributed by atoms with E-state index in [0.717, 1.165) is 24.9 Å². The molecule has 3 aromatic carbocycles. The molecule has 41 heavy (non-hydrogen) atoms. The number of ketones is 1. The molecular weight excluding hydrogens is 523 g/mol. The molecule has 3 amide bonds. The van der Waals surface area contributed by atoms with E-state index < -0.39 is 35.5 Å². The maximum Gasteiger partial charge on any atom is 0.299 e. The van der Waals surface area contributed by atoms with Gasteiger partial charge in [0.05, 0.1) is 11.3 Å². The van der Waals surface area contributed by atoms with Gasteiger partial charge < -0.3 is 15.1 Å². The molecule has 1 aliphatic carbocycles. The Labute approximate surface area is 238 Å². The zero-order chi connectivity index (χ0) is 29.1. The fourth-order valence-electron chi connectivity index (χ4n) is 5.72. The highest BCUT2D eigenvalue weighted by molar-refractivity contribution is 6.52. The first-order valence-electron chi connectivity index (χ1n) is 13.8. The van der Waals surface area contributed by atoms with E-state index in [1.54, 1.807) is 36.4 Å². The summed E-state index contributed by atoms with van der Waals surface area (Å²) in [6, 6.07) is 19.8. The molecule has 8 nitrogen and oxygen atoms in total. The van der Waals surface area contributed by atoms with Crippen LogP contribution >= 0.6 is 0 Å². The molecule has 0 aromatic heterocycles. The molecule has 1 N–H and O–H groups in total. The summed E-state index contributed by atoms with van der Waals surface area (Å²) in [6.07, 6.45) is 3.28. The highest BCUT2D eigenvalue weighted by Gasteiger charge is 2.48. The van der Waals surface area contributed by atoms with E-state index in [2.05, 4.69) is 5.32 Å². The van der Waals surface area contributed by atoms with Gasteiger partial charge in [-0.1, -0.05) is 43.5 Å². The predicted octanol–water partition coefficient (Wildman–Crippen LogP) is 4.79. The van der Waals surface area contributed by atoms with Gasteiger partial charge in [-0.2, -0.15) is 0 Å². The molecule has 0 bridgehead atoms. The lowest BCUT2D eigenvalue weighted by atomic mass is 9.78. The van der Waals surface area contributed by atoms with Crippen molar-refractivity contribution in [1.29, 1.82) is 0 Å². The summed E-state index contributed by atoms with van der Waals surface area (Å²) >= 11 is 0. The summed E-state index contributed by atoms with van der Waals surface area (Å²) in [5.41, 5.74) is 1.66. The van der Waals surface area contributed by atoms with E-state index in [4.69, 9.17) is 0 Å². The van der Waals surface area contributed by atoms with Gasteiger partial charge >= 0.3 is 0 Å². The number of hydrogen-bond acceptors (Lipinski definition) is 5. The number of amides is 3. The van der Waals surface area contributed by atoms with Crippen molar-refractivity contribution in [2.75, 3.05) is 35.8 Å². The van der Waals surface area contributed by atoms with Crippen LogP contribution in [-0.2, 0) is 20.9 Å². The van der Waals surface area contributed by atoms with Crippen molar-refractivity contribution in [3.63, 3.8) is 0 Å². The molecule has 212 valence electrons. The lowest BCUT2D eigenvalue weighted by molar-refractivity contribution is -0.148. The summed E-state index contributed by atoms with van der Waals surface area (Å²) in [4.78, 5) is 58.5. The van der Waals surface area contributed by atoms with Crippen LogP contribution in [0.3, 0.4) is 0 Å².